The van der Waals surface area contributed by atoms with E-state index in [1.54, 1.807) is 24.3 Å². The second-order valence-electron chi connectivity index (χ2n) is 11.7. The minimum absolute atomic E-state index is 0.0410. The first-order valence-electron chi connectivity index (χ1n) is 15.7. The van der Waals surface area contributed by atoms with Crippen LogP contribution in [0.2, 0.25) is 0 Å². The molecule has 0 radical (unpaired) electrons. The monoisotopic (exact) mass is 615 g/mol. The topological polar surface area (TPSA) is 75.6 Å². The zero-order valence-electron chi connectivity index (χ0n) is 25.6. The maximum absolute atomic E-state index is 14.3. The van der Waals surface area contributed by atoms with E-state index in [1.165, 1.54) is 0 Å². The average Bonchev–Trinajstić information content (AvgIpc) is 3.45. The summed E-state index contributed by atoms with van der Waals surface area (Å²) < 4.78 is 6.06. The van der Waals surface area contributed by atoms with Gasteiger partial charge in [0.2, 0.25) is 0 Å². The van der Waals surface area contributed by atoms with Gasteiger partial charge in [0.1, 0.15) is 6.61 Å². The number of hydrogen-bond acceptors (Lipinski definition) is 3. The van der Waals surface area contributed by atoms with E-state index in [9.17, 15) is 14.7 Å². The molecule has 0 saturated carbocycles. The van der Waals surface area contributed by atoms with E-state index in [2.05, 4.69) is 29.6 Å². The molecule has 0 bridgehead atoms. The van der Waals surface area contributed by atoms with Crippen LogP contribution in [0.25, 0.3) is 11.1 Å². The molecule has 0 fully saturated rings. The number of carbonyl (C=O) groups is 2. The van der Waals surface area contributed by atoms with E-state index >= 15 is 0 Å². The number of carbonyl (C=O) groups excluding carboxylic acids is 1. The lowest BCUT2D eigenvalue weighted by atomic mass is 9.55. The molecule has 0 saturated heterocycles. The van der Waals surface area contributed by atoms with Crippen LogP contribution in [0.5, 0.6) is 0 Å². The van der Waals surface area contributed by atoms with Crippen LogP contribution in [0.3, 0.4) is 0 Å². The smallest absolute Gasteiger partial charge is 0.408 e. The molecule has 0 spiro atoms. The Balaban J connectivity index is 1.40. The second kappa shape index (κ2) is 12.5. The number of benzene rings is 6. The fourth-order valence-corrected chi connectivity index (χ4v) is 7.41. The second-order valence-corrected chi connectivity index (χ2v) is 11.7. The highest BCUT2D eigenvalue weighted by Crippen LogP contribution is 2.53. The highest BCUT2D eigenvalue weighted by atomic mass is 16.5. The molecule has 0 heterocycles. The van der Waals surface area contributed by atoms with Crippen molar-refractivity contribution in [1.29, 1.82) is 0 Å². The Bertz CT molecular complexity index is 1870. The first-order chi connectivity index (χ1) is 23.1. The van der Waals surface area contributed by atoms with Gasteiger partial charge in [-0.1, -0.05) is 170 Å². The van der Waals surface area contributed by atoms with E-state index in [4.69, 9.17) is 4.74 Å². The van der Waals surface area contributed by atoms with Crippen molar-refractivity contribution in [2.24, 2.45) is 0 Å². The van der Waals surface area contributed by atoms with E-state index in [-0.39, 0.29) is 12.5 Å². The van der Waals surface area contributed by atoms with Gasteiger partial charge in [-0.3, -0.25) is 5.32 Å². The number of alkyl carbamates (subject to hydrolysis) is 1. The molecule has 0 aromatic heterocycles. The van der Waals surface area contributed by atoms with Crippen LogP contribution in [0.15, 0.2) is 170 Å². The molecular formula is C42H33NO4. The van der Waals surface area contributed by atoms with Gasteiger partial charge in [0.05, 0.1) is 5.41 Å². The van der Waals surface area contributed by atoms with E-state index in [1.807, 2.05) is 121 Å². The third-order valence-corrected chi connectivity index (χ3v) is 9.34. The summed E-state index contributed by atoms with van der Waals surface area (Å²) in [6, 6.07) is 53.7. The molecular weight excluding hydrogens is 582 g/mol. The summed E-state index contributed by atoms with van der Waals surface area (Å²) in [7, 11) is 0. The van der Waals surface area contributed by atoms with Gasteiger partial charge < -0.3 is 9.84 Å². The van der Waals surface area contributed by atoms with Crippen molar-refractivity contribution in [2.45, 2.75) is 16.9 Å². The molecule has 5 nitrogen and oxygen atoms in total. The van der Waals surface area contributed by atoms with E-state index in [0.717, 1.165) is 22.3 Å². The van der Waals surface area contributed by atoms with Crippen LogP contribution in [0.4, 0.5) is 4.79 Å². The third-order valence-electron chi connectivity index (χ3n) is 9.34. The van der Waals surface area contributed by atoms with Crippen LogP contribution in [0.1, 0.15) is 39.3 Å². The standard InChI is InChI=1S/C42H33NO4/c44-39(45)42(33-23-11-4-12-24-33,43-40(46)47-29-38-36-27-15-13-25-34(36)35-26-14-16-28-37(35)38)41(30-17-5-1-6-18-30,31-19-7-2-8-20-31)32-21-9-3-10-22-32/h1-28,38H,29H2,(H,43,46)(H,44,45)/t42-/m1/s1. The van der Waals surface area contributed by atoms with Crippen molar-refractivity contribution in [3.63, 3.8) is 0 Å². The molecule has 7 rings (SSSR count). The molecule has 6 aromatic rings. The van der Waals surface area contributed by atoms with Gasteiger partial charge in [0, 0.05) is 5.92 Å². The number of nitrogens with one attached hydrogen (secondary N) is 1. The minimum Gasteiger partial charge on any atom is -0.479 e. The summed E-state index contributed by atoms with van der Waals surface area (Å²) in [4.78, 5) is 28.5. The Morgan fingerprint density at radius 2 is 0.894 bits per heavy atom. The molecule has 1 atom stereocenters. The molecule has 230 valence electrons. The average molecular weight is 616 g/mol. The number of carboxylic acids is 1. The van der Waals surface area contributed by atoms with Gasteiger partial charge in [-0.15, -0.1) is 0 Å². The predicted molar refractivity (Wildman–Crippen MR) is 183 cm³/mol. The number of fused-ring (bicyclic) bond motifs is 3. The molecule has 2 N–H and O–H groups in total. The first-order valence-corrected chi connectivity index (χ1v) is 15.7. The Labute approximate surface area is 274 Å². The van der Waals surface area contributed by atoms with Gasteiger partial charge in [-0.2, -0.15) is 0 Å². The molecule has 0 aliphatic heterocycles. The summed E-state index contributed by atoms with van der Waals surface area (Å²) in [5.41, 5.74) is 3.36. The lowest BCUT2D eigenvalue weighted by Crippen LogP contribution is -2.65. The molecule has 1 aliphatic carbocycles. The maximum atomic E-state index is 14.3. The number of amides is 1. The van der Waals surface area contributed by atoms with Crippen LogP contribution in [-0.4, -0.2) is 23.8 Å². The normalized spacial score (nSPS) is 13.5. The first kappa shape index (κ1) is 29.8. The summed E-state index contributed by atoms with van der Waals surface area (Å²) in [6.45, 7) is 0.0410. The quantitative estimate of drug-likeness (QED) is 0.160. The lowest BCUT2D eigenvalue weighted by Gasteiger charge is -2.49. The highest BCUT2D eigenvalue weighted by molar-refractivity contribution is 5.91. The predicted octanol–water partition coefficient (Wildman–Crippen LogP) is 8.54. The van der Waals surface area contributed by atoms with Crippen molar-refractivity contribution in [1.82, 2.24) is 5.32 Å². The molecule has 1 aliphatic rings. The largest absolute Gasteiger partial charge is 0.479 e. The van der Waals surface area contributed by atoms with Crippen molar-refractivity contribution < 1.29 is 19.4 Å². The zero-order valence-corrected chi connectivity index (χ0v) is 25.6. The van der Waals surface area contributed by atoms with E-state index < -0.39 is 23.0 Å². The number of rotatable bonds is 9. The van der Waals surface area contributed by atoms with Crippen molar-refractivity contribution in [2.75, 3.05) is 6.61 Å². The minimum atomic E-state index is -2.05. The van der Waals surface area contributed by atoms with Crippen molar-refractivity contribution >= 4 is 12.1 Å². The van der Waals surface area contributed by atoms with E-state index in [0.29, 0.717) is 22.3 Å². The van der Waals surface area contributed by atoms with Crippen molar-refractivity contribution in [3.05, 3.63) is 203 Å². The Kier molecular flexibility index (Phi) is 7.88. The summed E-state index contributed by atoms with van der Waals surface area (Å²) >= 11 is 0. The van der Waals surface area contributed by atoms with Crippen LogP contribution >= 0.6 is 0 Å². The summed E-state index contributed by atoms with van der Waals surface area (Å²) in [6.07, 6.45) is -0.828. The summed E-state index contributed by atoms with van der Waals surface area (Å²) in [5, 5.41) is 14.6. The highest BCUT2D eigenvalue weighted by Gasteiger charge is 2.62. The Morgan fingerprint density at radius 3 is 1.30 bits per heavy atom. The molecule has 6 aromatic carbocycles. The number of aliphatic carboxylic acids is 1. The van der Waals surface area contributed by atoms with Gasteiger partial charge in [-0.25, -0.2) is 9.59 Å². The fourth-order valence-electron chi connectivity index (χ4n) is 7.41. The number of carboxylic acid groups (broad SMARTS) is 1. The van der Waals surface area contributed by atoms with Gasteiger partial charge in [0.25, 0.3) is 0 Å². The van der Waals surface area contributed by atoms with Crippen molar-refractivity contribution in [3.8, 4) is 11.1 Å². The molecule has 47 heavy (non-hydrogen) atoms. The van der Waals surface area contributed by atoms with Crippen LogP contribution in [-0.2, 0) is 20.5 Å². The Hall–Kier alpha value is -5.94. The Morgan fingerprint density at radius 1 is 0.532 bits per heavy atom. The maximum Gasteiger partial charge on any atom is 0.408 e. The van der Waals surface area contributed by atoms with Gasteiger partial charge >= 0.3 is 12.1 Å². The zero-order chi connectivity index (χ0) is 32.3. The number of hydrogen-bond donors (Lipinski definition) is 2. The fraction of sp³-hybridized carbons (Fsp3) is 0.0952. The summed E-state index contributed by atoms with van der Waals surface area (Å²) in [5.74, 6) is -1.42. The van der Waals surface area contributed by atoms with Crippen LogP contribution in [0, 0.1) is 0 Å². The SMILES string of the molecule is O=C(N[C@@](C(=O)O)(c1ccccc1)C(c1ccccc1)(c1ccccc1)c1ccccc1)OCC1c2ccccc2-c2ccccc21. The third kappa shape index (κ3) is 4.88. The molecule has 1 amide bonds. The van der Waals surface area contributed by atoms with Gasteiger partial charge in [-0.05, 0) is 44.5 Å². The lowest BCUT2D eigenvalue weighted by molar-refractivity contribution is -0.147. The number of ether oxygens (including phenoxy) is 1. The molecule has 5 heteroatoms. The van der Waals surface area contributed by atoms with Crippen LogP contribution < -0.4 is 5.32 Å². The molecule has 0 unspecified atom stereocenters. The van der Waals surface area contributed by atoms with Gasteiger partial charge in [0.15, 0.2) is 5.54 Å².